The van der Waals surface area contributed by atoms with E-state index in [0.29, 0.717) is 13.2 Å². The van der Waals surface area contributed by atoms with Crippen LogP contribution in [0.15, 0.2) is 0 Å². The second-order valence-electron chi connectivity index (χ2n) is 9.97. The lowest BCUT2D eigenvalue weighted by atomic mass is 9.53. The predicted octanol–water partition coefficient (Wildman–Crippen LogP) is 4.56. The van der Waals surface area contributed by atoms with Crippen LogP contribution < -0.4 is 10.6 Å². The first kappa shape index (κ1) is 23.4. The standard InChI is InChI=1S/C24H42N2O4/c1-3-29-22(27)18(2)30-11-9-7-5-4-6-8-10-25-23(28)26-24-15-19-12-20(16-24)14-21(13-19)17-24/h18-21H,3-17H2,1-2H3,(H2,25,26,28). The molecule has 2 amide bonds. The third kappa shape index (κ3) is 6.86. The van der Waals surface area contributed by atoms with Crippen molar-refractivity contribution in [3.05, 3.63) is 0 Å². The van der Waals surface area contributed by atoms with Crippen LogP contribution >= 0.6 is 0 Å². The predicted molar refractivity (Wildman–Crippen MR) is 117 cm³/mol. The topological polar surface area (TPSA) is 76.7 Å². The van der Waals surface area contributed by atoms with Crippen LogP contribution in [0.5, 0.6) is 0 Å². The molecule has 1 atom stereocenters. The summed E-state index contributed by atoms with van der Waals surface area (Å²) in [5.74, 6) is 2.29. The van der Waals surface area contributed by atoms with Crippen LogP contribution in [0.2, 0.25) is 0 Å². The molecule has 172 valence electrons. The van der Waals surface area contributed by atoms with E-state index in [-0.39, 0.29) is 17.5 Å². The van der Waals surface area contributed by atoms with E-state index in [1.165, 1.54) is 44.9 Å². The zero-order valence-electron chi connectivity index (χ0n) is 19.0. The number of hydrogen-bond donors (Lipinski definition) is 2. The molecule has 0 saturated heterocycles. The number of urea groups is 1. The maximum atomic E-state index is 12.4. The summed E-state index contributed by atoms with van der Waals surface area (Å²) in [6, 6.07) is 0.0461. The molecule has 4 saturated carbocycles. The van der Waals surface area contributed by atoms with Crippen molar-refractivity contribution in [1.29, 1.82) is 0 Å². The third-order valence-corrected chi connectivity index (χ3v) is 7.26. The van der Waals surface area contributed by atoms with Crippen molar-refractivity contribution in [1.82, 2.24) is 10.6 Å². The Bertz CT molecular complexity index is 530. The summed E-state index contributed by atoms with van der Waals surface area (Å²) in [6.45, 7) is 5.30. The van der Waals surface area contributed by atoms with Crippen LogP contribution in [0.4, 0.5) is 4.79 Å². The highest BCUT2D eigenvalue weighted by Crippen LogP contribution is 2.55. The monoisotopic (exact) mass is 422 g/mol. The first-order chi connectivity index (χ1) is 14.5. The van der Waals surface area contributed by atoms with E-state index in [4.69, 9.17) is 9.47 Å². The van der Waals surface area contributed by atoms with Crippen LogP contribution in [0.1, 0.15) is 90.9 Å². The fourth-order valence-electron chi connectivity index (χ4n) is 6.27. The number of rotatable bonds is 13. The molecule has 1 unspecified atom stereocenters. The summed E-state index contributed by atoms with van der Waals surface area (Å²) in [7, 11) is 0. The van der Waals surface area contributed by atoms with Crippen molar-refractivity contribution >= 4 is 12.0 Å². The van der Waals surface area contributed by atoms with Gasteiger partial charge in [-0.3, -0.25) is 0 Å². The molecule has 2 N–H and O–H groups in total. The number of hydrogen-bond acceptors (Lipinski definition) is 4. The average molecular weight is 423 g/mol. The van der Waals surface area contributed by atoms with Crippen molar-refractivity contribution in [3.8, 4) is 0 Å². The lowest BCUT2D eigenvalue weighted by molar-refractivity contribution is -0.155. The molecule has 4 aliphatic rings. The van der Waals surface area contributed by atoms with E-state index in [9.17, 15) is 9.59 Å². The maximum absolute atomic E-state index is 12.4. The fraction of sp³-hybridized carbons (Fsp3) is 0.917. The Morgan fingerprint density at radius 1 is 0.933 bits per heavy atom. The van der Waals surface area contributed by atoms with Crippen molar-refractivity contribution in [2.24, 2.45) is 17.8 Å². The minimum Gasteiger partial charge on any atom is -0.464 e. The zero-order valence-corrected chi connectivity index (χ0v) is 19.0. The number of esters is 1. The average Bonchev–Trinajstić information content (AvgIpc) is 2.68. The molecule has 6 heteroatoms. The van der Waals surface area contributed by atoms with Gasteiger partial charge in [-0.25, -0.2) is 9.59 Å². The molecule has 0 radical (unpaired) electrons. The van der Waals surface area contributed by atoms with E-state index < -0.39 is 6.10 Å². The molecule has 4 fully saturated rings. The molecule has 4 rings (SSSR count). The zero-order chi connectivity index (χ0) is 21.4. The van der Waals surface area contributed by atoms with E-state index in [2.05, 4.69) is 10.6 Å². The molecule has 0 heterocycles. The quantitative estimate of drug-likeness (QED) is 0.337. The molecule has 0 spiro atoms. The van der Waals surface area contributed by atoms with Crippen LogP contribution in [0.3, 0.4) is 0 Å². The van der Waals surface area contributed by atoms with Gasteiger partial charge in [0.1, 0.15) is 0 Å². The molecular formula is C24H42N2O4. The number of unbranched alkanes of at least 4 members (excludes halogenated alkanes) is 5. The van der Waals surface area contributed by atoms with Gasteiger partial charge in [0, 0.05) is 18.7 Å². The number of nitrogens with one attached hydrogen (secondary N) is 2. The molecule has 0 aliphatic heterocycles. The Hall–Kier alpha value is -1.30. The van der Waals surface area contributed by atoms with Gasteiger partial charge >= 0.3 is 12.0 Å². The maximum Gasteiger partial charge on any atom is 0.334 e. The van der Waals surface area contributed by atoms with Crippen LogP contribution in [-0.4, -0.2) is 43.4 Å². The van der Waals surface area contributed by atoms with Gasteiger partial charge in [-0.1, -0.05) is 25.7 Å². The Morgan fingerprint density at radius 2 is 1.50 bits per heavy atom. The fourth-order valence-corrected chi connectivity index (χ4v) is 6.27. The number of carbonyl (C=O) groups is 2. The minimum absolute atomic E-state index is 0.0461. The third-order valence-electron chi connectivity index (χ3n) is 7.26. The number of ether oxygens (including phenoxy) is 2. The second kappa shape index (κ2) is 11.4. The van der Waals surface area contributed by atoms with Gasteiger partial charge in [0.15, 0.2) is 6.10 Å². The summed E-state index contributed by atoms with van der Waals surface area (Å²) in [4.78, 5) is 23.9. The molecule has 30 heavy (non-hydrogen) atoms. The highest BCUT2D eigenvalue weighted by Gasteiger charge is 2.51. The van der Waals surface area contributed by atoms with Crippen molar-refractivity contribution in [3.63, 3.8) is 0 Å². The highest BCUT2D eigenvalue weighted by atomic mass is 16.6. The molecule has 0 aromatic carbocycles. The van der Waals surface area contributed by atoms with Crippen molar-refractivity contribution < 1.29 is 19.1 Å². The van der Waals surface area contributed by atoms with Crippen LogP contribution in [0.25, 0.3) is 0 Å². The molecular weight excluding hydrogens is 380 g/mol. The SMILES string of the molecule is CCOC(=O)C(C)OCCCCCCCCNC(=O)NC12CC3CC(CC(C3)C1)C2. The van der Waals surface area contributed by atoms with E-state index >= 15 is 0 Å². The molecule has 4 bridgehead atoms. The molecule has 0 aromatic rings. The minimum atomic E-state index is -0.472. The van der Waals surface area contributed by atoms with Crippen LogP contribution in [0, 0.1) is 17.8 Å². The normalized spacial score (nSPS) is 30.1. The van der Waals surface area contributed by atoms with Crippen molar-refractivity contribution in [2.75, 3.05) is 19.8 Å². The number of amides is 2. The largest absolute Gasteiger partial charge is 0.464 e. The molecule has 0 aromatic heterocycles. The van der Waals surface area contributed by atoms with Crippen LogP contribution in [-0.2, 0) is 14.3 Å². The van der Waals surface area contributed by atoms with E-state index in [0.717, 1.165) is 56.4 Å². The summed E-state index contributed by atoms with van der Waals surface area (Å²) in [5.41, 5.74) is 0.103. The van der Waals surface area contributed by atoms with Gasteiger partial charge in [0.05, 0.1) is 6.61 Å². The van der Waals surface area contributed by atoms with Gasteiger partial charge in [-0.2, -0.15) is 0 Å². The van der Waals surface area contributed by atoms with Gasteiger partial charge in [-0.05, 0) is 83.0 Å². The second-order valence-corrected chi connectivity index (χ2v) is 9.97. The summed E-state index contributed by atoms with van der Waals surface area (Å²) in [6.07, 6.45) is 13.9. The molecule has 4 aliphatic carbocycles. The summed E-state index contributed by atoms with van der Waals surface area (Å²) >= 11 is 0. The van der Waals surface area contributed by atoms with Crippen molar-refractivity contribution in [2.45, 2.75) is 103 Å². The summed E-state index contributed by atoms with van der Waals surface area (Å²) < 4.78 is 10.4. The smallest absolute Gasteiger partial charge is 0.334 e. The van der Waals surface area contributed by atoms with Gasteiger partial charge < -0.3 is 20.1 Å². The number of carbonyl (C=O) groups excluding carboxylic acids is 2. The first-order valence-corrected chi connectivity index (χ1v) is 12.3. The lowest BCUT2D eigenvalue weighted by Crippen LogP contribution is -2.61. The van der Waals surface area contributed by atoms with E-state index in [1.807, 2.05) is 0 Å². The Morgan fingerprint density at radius 3 is 2.10 bits per heavy atom. The van der Waals surface area contributed by atoms with Gasteiger partial charge in [0.25, 0.3) is 0 Å². The van der Waals surface area contributed by atoms with Gasteiger partial charge in [0.2, 0.25) is 0 Å². The Kier molecular flexibility index (Phi) is 8.84. The lowest BCUT2D eigenvalue weighted by Gasteiger charge is -2.56. The Balaban J connectivity index is 1.15. The molecule has 6 nitrogen and oxygen atoms in total. The van der Waals surface area contributed by atoms with Gasteiger partial charge in [-0.15, -0.1) is 0 Å². The highest BCUT2D eigenvalue weighted by molar-refractivity contribution is 5.75. The Labute approximate surface area is 182 Å². The van der Waals surface area contributed by atoms with E-state index in [1.54, 1.807) is 13.8 Å². The first-order valence-electron chi connectivity index (χ1n) is 12.3. The summed E-state index contributed by atoms with van der Waals surface area (Å²) in [5, 5.41) is 6.47.